The highest BCUT2D eigenvalue weighted by Gasteiger charge is 2.16. The Morgan fingerprint density at radius 3 is 2.67 bits per heavy atom. The number of sulfonamides is 1. The molecule has 0 saturated carbocycles. The molecule has 2 aromatic rings. The Labute approximate surface area is 139 Å². The summed E-state index contributed by atoms with van der Waals surface area (Å²) in [5.41, 5.74) is 0.917. The van der Waals surface area contributed by atoms with E-state index < -0.39 is 15.8 Å². The van der Waals surface area contributed by atoms with Crippen LogP contribution in [0.25, 0.3) is 0 Å². The van der Waals surface area contributed by atoms with Gasteiger partial charge in [-0.05, 0) is 32.0 Å². The zero-order chi connectivity index (χ0) is 17.9. The Morgan fingerprint density at radius 2 is 2.04 bits per heavy atom. The molecule has 0 radical (unpaired) electrons. The van der Waals surface area contributed by atoms with Gasteiger partial charge in [-0.15, -0.1) is 0 Å². The fraction of sp³-hybridized carbons (Fsp3) is 0.333. The SMILES string of the molecule is COc1ccc(S(=O)(=O)NCCn2cnc(C)c(C)c2=O)cc1F. The van der Waals surface area contributed by atoms with Gasteiger partial charge in [-0.2, -0.15) is 0 Å². The zero-order valence-corrected chi connectivity index (χ0v) is 14.4. The molecule has 0 fully saturated rings. The van der Waals surface area contributed by atoms with Crippen molar-refractivity contribution in [3.8, 4) is 5.75 Å². The lowest BCUT2D eigenvalue weighted by molar-refractivity contribution is 0.385. The molecule has 24 heavy (non-hydrogen) atoms. The summed E-state index contributed by atoms with van der Waals surface area (Å²) in [5, 5.41) is 0. The summed E-state index contributed by atoms with van der Waals surface area (Å²) in [4.78, 5) is 15.9. The topological polar surface area (TPSA) is 90.3 Å². The van der Waals surface area contributed by atoms with Gasteiger partial charge in [0.25, 0.3) is 5.56 Å². The molecule has 9 heteroatoms. The summed E-state index contributed by atoms with van der Waals surface area (Å²) >= 11 is 0. The van der Waals surface area contributed by atoms with Crippen LogP contribution in [0, 0.1) is 19.7 Å². The number of halogens is 1. The number of rotatable bonds is 6. The highest BCUT2D eigenvalue weighted by molar-refractivity contribution is 7.89. The van der Waals surface area contributed by atoms with Gasteiger partial charge in [0.2, 0.25) is 10.0 Å². The van der Waals surface area contributed by atoms with E-state index >= 15 is 0 Å². The number of aryl methyl sites for hydroxylation is 1. The monoisotopic (exact) mass is 355 g/mol. The number of methoxy groups -OCH3 is 1. The number of hydrogen-bond donors (Lipinski definition) is 1. The molecule has 2 rings (SSSR count). The first-order chi connectivity index (χ1) is 11.3. The fourth-order valence-corrected chi connectivity index (χ4v) is 3.07. The maximum Gasteiger partial charge on any atom is 0.256 e. The molecule has 0 aliphatic rings. The van der Waals surface area contributed by atoms with Gasteiger partial charge in [0.15, 0.2) is 11.6 Å². The van der Waals surface area contributed by atoms with E-state index in [1.807, 2.05) is 0 Å². The van der Waals surface area contributed by atoms with Gasteiger partial charge in [-0.3, -0.25) is 9.36 Å². The van der Waals surface area contributed by atoms with E-state index in [2.05, 4.69) is 9.71 Å². The van der Waals surface area contributed by atoms with Gasteiger partial charge < -0.3 is 4.74 Å². The van der Waals surface area contributed by atoms with Crippen LogP contribution in [0.15, 0.2) is 34.2 Å². The maximum atomic E-state index is 13.6. The minimum Gasteiger partial charge on any atom is -0.494 e. The quantitative estimate of drug-likeness (QED) is 0.834. The van der Waals surface area contributed by atoms with Crippen LogP contribution in [0.3, 0.4) is 0 Å². The first-order valence-corrected chi connectivity index (χ1v) is 8.60. The van der Waals surface area contributed by atoms with Crippen LogP contribution in [0.4, 0.5) is 4.39 Å². The summed E-state index contributed by atoms with van der Waals surface area (Å²) in [6, 6.07) is 3.36. The zero-order valence-electron chi connectivity index (χ0n) is 13.5. The number of nitrogens with zero attached hydrogens (tertiary/aromatic N) is 2. The number of benzene rings is 1. The normalized spacial score (nSPS) is 11.5. The van der Waals surface area contributed by atoms with Crippen molar-refractivity contribution in [1.82, 2.24) is 14.3 Å². The van der Waals surface area contributed by atoms with E-state index in [0.29, 0.717) is 11.3 Å². The van der Waals surface area contributed by atoms with E-state index in [9.17, 15) is 17.6 Å². The molecule has 1 N–H and O–H groups in total. The maximum absolute atomic E-state index is 13.6. The van der Waals surface area contributed by atoms with Gasteiger partial charge in [-0.1, -0.05) is 0 Å². The van der Waals surface area contributed by atoms with Crippen LogP contribution in [0.1, 0.15) is 11.3 Å². The number of aromatic nitrogens is 2. The predicted molar refractivity (Wildman–Crippen MR) is 86.1 cm³/mol. The molecule has 7 nitrogen and oxygen atoms in total. The fourth-order valence-electron chi connectivity index (χ4n) is 2.03. The minimum atomic E-state index is -3.89. The van der Waals surface area contributed by atoms with Crippen LogP contribution < -0.4 is 15.0 Å². The molecular formula is C15H18FN3O4S. The predicted octanol–water partition coefficient (Wildman–Crippen LogP) is 0.986. The Hall–Kier alpha value is -2.26. The number of nitrogens with one attached hydrogen (secondary N) is 1. The molecule has 1 heterocycles. The Morgan fingerprint density at radius 1 is 1.33 bits per heavy atom. The molecule has 0 saturated heterocycles. The van der Waals surface area contributed by atoms with Crippen LogP contribution in [-0.4, -0.2) is 31.6 Å². The molecule has 0 aliphatic carbocycles. The van der Waals surface area contributed by atoms with Crippen LogP contribution in [0.5, 0.6) is 5.75 Å². The number of hydrogen-bond acceptors (Lipinski definition) is 5. The second kappa shape index (κ2) is 7.10. The first kappa shape index (κ1) is 18.1. The van der Waals surface area contributed by atoms with Crippen molar-refractivity contribution in [3.05, 3.63) is 52.0 Å². The highest BCUT2D eigenvalue weighted by atomic mass is 32.2. The van der Waals surface area contributed by atoms with E-state index in [0.717, 1.165) is 6.07 Å². The molecule has 0 bridgehead atoms. The van der Waals surface area contributed by atoms with Crippen molar-refractivity contribution >= 4 is 10.0 Å². The third-order valence-electron chi connectivity index (χ3n) is 3.59. The van der Waals surface area contributed by atoms with Gasteiger partial charge in [0.1, 0.15) is 0 Å². The van der Waals surface area contributed by atoms with Gasteiger partial charge in [0.05, 0.1) is 18.3 Å². The average molecular weight is 355 g/mol. The molecule has 0 spiro atoms. The van der Waals surface area contributed by atoms with Crippen molar-refractivity contribution in [3.63, 3.8) is 0 Å². The Kier molecular flexibility index (Phi) is 5.35. The summed E-state index contributed by atoms with van der Waals surface area (Å²) in [6.07, 6.45) is 1.37. The molecule has 1 aromatic carbocycles. The van der Waals surface area contributed by atoms with Gasteiger partial charge in [-0.25, -0.2) is 22.5 Å². The van der Waals surface area contributed by atoms with Crippen molar-refractivity contribution in [2.45, 2.75) is 25.3 Å². The van der Waals surface area contributed by atoms with Crippen molar-refractivity contribution < 1.29 is 17.5 Å². The molecule has 0 amide bonds. The average Bonchev–Trinajstić information content (AvgIpc) is 2.54. The first-order valence-electron chi connectivity index (χ1n) is 7.12. The standard InChI is InChI=1S/C15H18FN3O4S/c1-10-11(2)17-9-19(15(10)20)7-6-18-24(21,22)12-4-5-14(23-3)13(16)8-12/h4-5,8-9,18H,6-7H2,1-3H3. The lowest BCUT2D eigenvalue weighted by Crippen LogP contribution is -2.32. The Bertz CT molecular complexity index is 909. The molecule has 0 unspecified atom stereocenters. The van der Waals surface area contributed by atoms with E-state index in [-0.39, 0.29) is 29.3 Å². The van der Waals surface area contributed by atoms with Crippen LogP contribution in [-0.2, 0) is 16.6 Å². The minimum absolute atomic E-state index is 0.0277. The highest BCUT2D eigenvalue weighted by Crippen LogP contribution is 2.20. The van der Waals surface area contributed by atoms with Crippen molar-refractivity contribution in [1.29, 1.82) is 0 Å². The lowest BCUT2D eigenvalue weighted by atomic mass is 10.3. The van der Waals surface area contributed by atoms with Crippen molar-refractivity contribution in [2.75, 3.05) is 13.7 Å². The van der Waals surface area contributed by atoms with Crippen LogP contribution in [0.2, 0.25) is 0 Å². The van der Waals surface area contributed by atoms with Gasteiger partial charge >= 0.3 is 0 Å². The molecule has 1 aromatic heterocycles. The smallest absolute Gasteiger partial charge is 0.256 e. The van der Waals surface area contributed by atoms with Crippen LogP contribution >= 0.6 is 0 Å². The van der Waals surface area contributed by atoms with Crippen molar-refractivity contribution in [2.24, 2.45) is 0 Å². The molecular weight excluding hydrogens is 337 g/mol. The summed E-state index contributed by atoms with van der Waals surface area (Å²) in [7, 11) is -2.60. The second-order valence-corrected chi connectivity index (χ2v) is 6.91. The summed E-state index contributed by atoms with van der Waals surface area (Å²) in [6.45, 7) is 3.47. The van der Waals surface area contributed by atoms with Gasteiger partial charge in [0, 0.05) is 24.3 Å². The Balaban J connectivity index is 2.10. The second-order valence-electron chi connectivity index (χ2n) is 5.15. The largest absolute Gasteiger partial charge is 0.494 e. The van der Waals surface area contributed by atoms with E-state index in [1.54, 1.807) is 13.8 Å². The molecule has 0 aliphatic heterocycles. The summed E-state index contributed by atoms with van der Waals surface area (Å²) < 4.78 is 46.3. The molecule has 0 atom stereocenters. The third kappa shape index (κ3) is 3.80. The summed E-state index contributed by atoms with van der Waals surface area (Å²) in [5.74, 6) is -0.809. The number of ether oxygens (including phenoxy) is 1. The third-order valence-corrected chi connectivity index (χ3v) is 5.05. The molecule has 130 valence electrons. The van der Waals surface area contributed by atoms with E-state index in [4.69, 9.17) is 4.74 Å². The van der Waals surface area contributed by atoms with E-state index in [1.165, 1.54) is 30.1 Å². The lowest BCUT2D eigenvalue weighted by Gasteiger charge is -2.10.